The van der Waals surface area contributed by atoms with Gasteiger partial charge in [0.2, 0.25) is 11.8 Å². The largest absolute Gasteiger partial charge is 0.477 e. The highest BCUT2D eigenvalue weighted by Gasteiger charge is 2.39. The third-order valence-corrected chi connectivity index (χ3v) is 5.84. The lowest BCUT2D eigenvalue weighted by molar-refractivity contribution is -0.135. The normalized spacial score (nSPS) is 21.2. The van der Waals surface area contributed by atoms with Crippen molar-refractivity contribution < 1.29 is 19.1 Å². The minimum Gasteiger partial charge on any atom is -0.477 e. The topological polar surface area (TPSA) is 84.9 Å². The van der Waals surface area contributed by atoms with Gasteiger partial charge in [0.05, 0.1) is 19.6 Å². The van der Waals surface area contributed by atoms with Crippen LogP contribution in [-0.4, -0.2) is 59.5 Å². The molecule has 8 nitrogen and oxygen atoms in total. The first-order chi connectivity index (χ1) is 14.5. The van der Waals surface area contributed by atoms with Crippen molar-refractivity contribution in [3.05, 3.63) is 41.7 Å². The van der Waals surface area contributed by atoms with Crippen molar-refractivity contribution in [1.29, 1.82) is 0 Å². The number of methoxy groups -OCH3 is 1. The molecule has 2 atom stereocenters. The second-order valence-corrected chi connectivity index (χ2v) is 7.86. The van der Waals surface area contributed by atoms with Gasteiger partial charge in [0.25, 0.3) is 11.8 Å². The summed E-state index contributed by atoms with van der Waals surface area (Å²) in [6.07, 6.45) is 3.85. The summed E-state index contributed by atoms with van der Waals surface area (Å²) < 4.78 is 11.1. The number of nitrogens with zero attached hydrogens (tertiary/aromatic N) is 4. The molecule has 2 saturated heterocycles. The van der Waals surface area contributed by atoms with Crippen molar-refractivity contribution in [2.45, 2.75) is 32.8 Å². The SMILES string of the molecule is COc1nccnc1OC1CCN(C(=O)C2CC(=O)N(c3ccc(C)c(C)c3)C2)C1. The van der Waals surface area contributed by atoms with Gasteiger partial charge in [-0.05, 0) is 37.1 Å². The number of hydrogen-bond acceptors (Lipinski definition) is 6. The van der Waals surface area contributed by atoms with E-state index in [1.54, 1.807) is 16.0 Å². The molecular weight excluding hydrogens is 384 g/mol. The highest BCUT2D eigenvalue weighted by Crippen LogP contribution is 2.29. The number of aromatic nitrogens is 2. The molecule has 158 valence electrons. The van der Waals surface area contributed by atoms with Crippen LogP contribution in [0.25, 0.3) is 0 Å². The number of carbonyl (C=O) groups is 2. The summed E-state index contributed by atoms with van der Waals surface area (Å²) in [5.74, 6) is 0.327. The van der Waals surface area contributed by atoms with E-state index in [1.165, 1.54) is 18.9 Å². The van der Waals surface area contributed by atoms with E-state index in [9.17, 15) is 9.59 Å². The van der Waals surface area contributed by atoms with Gasteiger partial charge in [0, 0.05) is 44.0 Å². The molecule has 2 fully saturated rings. The maximum atomic E-state index is 13.1. The third kappa shape index (κ3) is 3.94. The number of hydrogen-bond donors (Lipinski definition) is 0. The Bertz CT molecular complexity index is 964. The van der Waals surface area contributed by atoms with Crippen LogP contribution in [-0.2, 0) is 9.59 Å². The highest BCUT2D eigenvalue weighted by molar-refractivity contribution is 6.00. The number of benzene rings is 1. The first kappa shape index (κ1) is 20.1. The van der Waals surface area contributed by atoms with Gasteiger partial charge in [-0.1, -0.05) is 6.07 Å². The maximum absolute atomic E-state index is 13.1. The molecule has 0 aliphatic carbocycles. The molecule has 8 heteroatoms. The smallest absolute Gasteiger partial charge is 0.278 e. The lowest BCUT2D eigenvalue weighted by Gasteiger charge is -2.21. The first-order valence-corrected chi connectivity index (χ1v) is 10.1. The monoisotopic (exact) mass is 410 g/mol. The summed E-state index contributed by atoms with van der Waals surface area (Å²) in [5.41, 5.74) is 3.17. The Labute approximate surface area is 175 Å². The second-order valence-electron chi connectivity index (χ2n) is 7.86. The molecule has 2 aliphatic heterocycles. The van der Waals surface area contributed by atoms with Crippen LogP contribution in [0.3, 0.4) is 0 Å². The van der Waals surface area contributed by atoms with E-state index in [0.717, 1.165) is 11.3 Å². The van der Waals surface area contributed by atoms with Gasteiger partial charge >= 0.3 is 0 Å². The van der Waals surface area contributed by atoms with Gasteiger partial charge < -0.3 is 19.3 Å². The van der Waals surface area contributed by atoms with Crippen molar-refractivity contribution >= 4 is 17.5 Å². The second kappa shape index (κ2) is 8.30. The fraction of sp³-hybridized carbons (Fsp3) is 0.455. The molecule has 0 bridgehead atoms. The van der Waals surface area contributed by atoms with E-state index in [-0.39, 0.29) is 30.3 Å². The molecule has 0 radical (unpaired) electrons. The van der Waals surface area contributed by atoms with E-state index >= 15 is 0 Å². The summed E-state index contributed by atoms with van der Waals surface area (Å²) in [7, 11) is 1.51. The molecule has 2 unspecified atom stereocenters. The number of ether oxygens (including phenoxy) is 2. The molecule has 0 saturated carbocycles. The minimum atomic E-state index is -0.330. The van der Waals surface area contributed by atoms with Gasteiger partial charge in [0.15, 0.2) is 0 Å². The van der Waals surface area contributed by atoms with E-state index in [0.29, 0.717) is 37.8 Å². The molecule has 4 rings (SSSR count). The Morgan fingerprint density at radius 2 is 1.87 bits per heavy atom. The number of anilines is 1. The minimum absolute atomic E-state index is 0.00638. The fourth-order valence-electron chi connectivity index (χ4n) is 3.99. The molecule has 0 N–H and O–H groups in total. The number of likely N-dealkylation sites (tertiary alicyclic amines) is 1. The Morgan fingerprint density at radius 1 is 1.10 bits per heavy atom. The number of carbonyl (C=O) groups excluding carboxylic acids is 2. The van der Waals surface area contributed by atoms with Crippen LogP contribution in [0, 0.1) is 19.8 Å². The van der Waals surface area contributed by atoms with Crippen LogP contribution in [0.5, 0.6) is 11.8 Å². The van der Waals surface area contributed by atoms with Gasteiger partial charge in [-0.2, -0.15) is 0 Å². The molecule has 2 aromatic rings. The molecule has 2 amide bonds. The summed E-state index contributed by atoms with van der Waals surface area (Å²) in [4.78, 5) is 37.4. The molecule has 2 aliphatic rings. The van der Waals surface area contributed by atoms with E-state index < -0.39 is 0 Å². The summed E-state index contributed by atoms with van der Waals surface area (Å²) in [6, 6.07) is 5.96. The van der Waals surface area contributed by atoms with Gasteiger partial charge in [0.1, 0.15) is 6.10 Å². The molecular formula is C22H26N4O4. The fourth-order valence-corrected chi connectivity index (χ4v) is 3.99. The van der Waals surface area contributed by atoms with Crippen LogP contribution >= 0.6 is 0 Å². The van der Waals surface area contributed by atoms with Crippen LogP contribution in [0.4, 0.5) is 5.69 Å². The standard InChI is InChI=1S/C22H26N4O4/c1-14-4-5-17(10-15(14)2)26-12-16(11-19(26)27)22(28)25-9-6-18(13-25)30-21-20(29-3)23-7-8-24-21/h4-5,7-8,10,16,18H,6,9,11-13H2,1-3H3. The van der Waals surface area contributed by atoms with Crippen molar-refractivity contribution in [1.82, 2.24) is 14.9 Å². The Morgan fingerprint density at radius 3 is 2.60 bits per heavy atom. The summed E-state index contributed by atoms with van der Waals surface area (Å²) in [5, 5.41) is 0. The summed E-state index contributed by atoms with van der Waals surface area (Å²) in [6.45, 7) is 5.55. The van der Waals surface area contributed by atoms with Crippen molar-refractivity contribution in [2.24, 2.45) is 5.92 Å². The highest BCUT2D eigenvalue weighted by atomic mass is 16.5. The number of aryl methyl sites for hydroxylation is 2. The molecule has 1 aromatic carbocycles. The lowest BCUT2D eigenvalue weighted by atomic mass is 10.1. The first-order valence-electron chi connectivity index (χ1n) is 10.1. The zero-order chi connectivity index (χ0) is 21.3. The number of amides is 2. The van der Waals surface area contributed by atoms with E-state index in [4.69, 9.17) is 9.47 Å². The zero-order valence-electron chi connectivity index (χ0n) is 17.5. The molecule has 3 heterocycles. The summed E-state index contributed by atoms with van der Waals surface area (Å²) >= 11 is 0. The van der Waals surface area contributed by atoms with Gasteiger partial charge in [-0.15, -0.1) is 0 Å². The van der Waals surface area contributed by atoms with Gasteiger partial charge in [-0.3, -0.25) is 9.59 Å². The molecule has 0 spiro atoms. The molecule has 30 heavy (non-hydrogen) atoms. The average molecular weight is 410 g/mol. The van der Waals surface area contributed by atoms with Crippen LogP contribution in [0.2, 0.25) is 0 Å². The van der Waals surface area contributed by atoms with Crippen molar-refractivity contribution in [3.63, 3.8) is 0 Å². The average Bonchev–Trinajstić information content (AvgIpc) is 3.37. The number of rotatable bonds is 5. The quantitative estimate of drug-likeness (QED) is 0.751. The van der Waals surface area contributed by atoms with E-state index in [2.05, 4.69) is 9.97 Å². The Kier molecular flexibility index (Phi) is 5.57. The Balaban J connectivity index is 1.38. The third-order valence-electron chi connectivity index (χ3n) is 5.84. The van der Waals surface area contributed by atoms with Crippen molar-refractivity contribution in [3.8, 4) is 11.8 Å². The van der Waals surface area contributed by atoms with Gasteiger partial charge in [-0.25, -0.2) is 9.97 Å². The Hall–Kier alpha value is -3.16. The lowest BCUT2D eigenvalue weighted by Crippen LogP contribution is -2.37. The predicted octanol–water partition coefficient (Wildman–Crippen LogP) is 2.13. The van der Waals surface area contributed by atoms with E-state index in [1.807, 2.05) is 32.0 Å². The zero-order valence-corrected chi connectivity index (χ0v) is 17.5. The van der Waals surface area contributed by atoms with Crippen LogP contribution in [0.15, 0.2) is 30.6 Å². The van der Waals surface area contributed by atoms with Crippen molar-refractivity contribution in [2.75, 3.05) is 31.6 Å². The molecule has 1 aromatic heterocycles. The van der Waals surface area contributed by atoms with Crippen LogP contribution in [0.1, 0.15) is 24.0 Å². The predicted molar refractivity (Wildman–Crippen MR) is 111 cm³/mol. The maximum Gasteiger partial charge on any atom is 0.278 e. The van der Waals surface area contributed by atoms with Crippen LogP contribution < -0.4 is 14.4 Å².